The highest BCUT2D eigenvalue weighted by Crippen LogP contribution is 2.31. The average molecular weight is 515 g/mol. The van der Waals surface area contributed by atoms with Crippen LogP contribution in [0.1, 0.15) is 23.6 Å². The van der Waals surface area contributed by atoms with Crippen LogP contribution in [0.3, 0.4) is 0 Å². The van der Waals surface area contributed by atoms with E-state index in [4.69, 9.17) is 42.1 Å². The average Bonchev–Trinajstić information content (AvgIpc) is 2.84. The van der Waals surface area contributed by atoms with E-state index in [0.29, 0.717) is 52.9 Å². The predicted octanol–water partition coefficient (Wildman–Crippen LogP) is 5.44. The Morgan fingerprint density at radius 2 is 1.83 bits per heavy atom. The molecule has 0 fully saturated rings. The van der Waals surface area contributed by atoms with E-state index >= 15 is 0 Å². The van der Waals surface area contributed by atoms with Crippen LogP contribution in [-0.4, -0.2) is 31.9 Å². The molecule has 0 bridgehead atoms. The second kappa shape index (κ2) is 11.8. The molecule has 9 heteroatoms. The van der Waals surface area contributed by atoms with Gasteiger partial charge in [-0.1, -0.05) is 35.3 Å². The lowest BCUT2D eigenvalue weighted by atomic mass is 10.1. The van der Waals surface area contributed by atoms with Gasteiger partial charge in [0.25, 0.3) is 0 Å². The fourth-order valence-corrected chi connectivity index (χ4v) is 3.85. The molecule has 1 N–H and O–H groups in total. The molecule has 1 amide bonds. The van der Waals surface area contributed by atoms with Gasteiger partial charge in [-0.2, -0.15) is 5.10 Å². The maximum absolute atomic E-state index is 12.3. The van der Waals surface area contributed by atoms with Gasteiger partial charge in [-0.25, -0.2) is 5.43 Å². The molecule has 1 aliphatic heterocycles. The number of hydrazone groups is 1. The number of ether oxygens (including phenoxy) is 4. The van der Waals surface area contributed by atoms with Crippen LogP contribution >= 0.6 is 23.2 Å². The number of carbonyl (C=O) groups excluding carboxylic acids is 1. The molecule has 0 unspecified atom stereocenters. The van der Waals surface area contributed by atoms with Crippen LogP contribution in [0.5, 0.6) is 23.0 Å². The number of fused-ring (bicyclic) bond motifs is 1. The van der Waals surface area contributed by atoms with Crippen LogP contribution in [0.4, 0.5) is 0 Å². The third-order valence-electron chi connectivity index (χ3n) is 5.04. The summed E-state index contributed by atoms with van der Waals surface area (Å²) in [6.07, 6.45) is 1.71. The Hall–Kier alpha value is -3.42. The van der Waals surface area contributed by atoms with E-state index in [1.807, 2.05) is 31.2 Å². The maximum atomic E-state index is 12.3. The summed E-state index contributed by atoms with van der Waals surface area (Å²) < 4.78 is 22.7. The molecule has 0 radical (unpaired) electrons. The number of rotatable bonds is 9. The molecule has 1 heterocycles. The maximum Gasteiger partial charge on any atom is 0.244 e. The fourth-order valence-electron chi connectivity index (χ4n) is 3.39. The lowest BCUT2D eigenvalue weighted by Gasteiger charge is -2.18. The SMILES string of the molecule is CCOc1cc(/C=N/NC(=O)Cc2ccc3c(c2)OCCO3)ccc1OCc1ccc(Cl)cc1Cl. The number of carbonyl (C=O) groups is 1. The molecule has 3 aromatic rings. The molecule has 182 valence electrons. The molecule has 3 aromatic carbocycles. The third kappa shape index (κ3) is 6.81. The molecule has 0 atom stereocenters. The molecule has 0 aromatic heterocycles. The first kappa shape index (κ1) is 24.7. The van der Waals surface area contributed by atoms with Crippen LogP contribution in [0, 0.1) is 0 Å². The second-order valence-corrected chi connectivity index (χ2v) is 8.46. The summed E-state index contributed by atoms with van der Waals surface area (Å²) in [6, 6.07) is 16.1. The highest BCUT2D eigenvalue weighted by Gasteiger charge is 2.13. The van der Waals surface area contributed by atoms with E-state index < -0.39 is 0 Å². The zero-order chi connectivity index (χ0) is 24.6. The quantitative estimate of drug-likeness (QED) is 0.304. The standard InChI is InChI=1S/C26H24Cl2N2O5/c1-2-32-24-12-18(4-8-23(24)35-16-19-5-6-20(27)14-21(19)28)15-29-30-26(31)13-17-3-7-22-25(11-17)34-10-9-33-22/h3-8,11-12,14-15H,2,9-10,13,16H2,1H3,(H,30,31)/b29-15+. The summed E-state index contributed by atoms with van der Waals surface area (Å²) >= 11 is 12.2. The smallest absolute Gasteiger partial charge is 0.244 e. The van der Waals surface area contributed by atoms with E-state index in [1.165, 1.54) is 0 Å². The highest BCUT2D eigenvalue weighted by molar-refractivity contribution is 6.35. The molecule has 4 rings (SSSR count). The number of benzene rings is 3. The molecule has 1 aliphatic rings. The van der Waals surface area contributed by atoms with Gasteiger partial charge in [-0.3, -0.25) is 4.79 Å². The Balaban J connectivity index is 1.35. The Morgan fingerprint density at radius 3 is 2.63 bits per heavy atom. The molecule has 0 saturated heterocycles. The molecule has 0 spiro atoms. The molecule has 35 heavy (non-hydrogen) atoms. The summed E-state index contributed by atoms with van der Waals surface area (Å²) in [7, 11) is 0. The normalized spacial score (nSPS) is 12.4. The van der Waals surface area contributed by atoms with E-state index in [-0.39, 0.29) is 18.9 Å². The number of hydrogen-bond acceptors (Lipinski definition) is 6. The van der Waals surface area contributed by atoms with Crippen molar-refractivity contribution in [2.24, 2.45) is 5.10 Å². The third-order valence-corrected chi connectivity index (χ3v) is 5.63. The molecular formula is C26H24Cl2N2O5. The number of nitrogens with zero attached hydrogens (tertiary/aromatic N) is 1. The van der Waals surface area contributed by atoms with Crippen molar-refractivity contribution in [3.8, 4) is 23.0 Å². The van der Waals surface area contributed by atoms with E-state index in [9.17, 15) is 4.79 Å². The number of hydrogen-bond donors (Lipinski definition) is 1. The van der Waals surface area contributed by atoms with Gasteiger partial charge < -0.3 is 18.9 Å². The summed E-state index contributed by atoms with van der Waals surface area (Å²) in [5, 5.41) is 5.16. The van der Waals surface area contributed by atoms with Crippen molar-refractivity contribution in [3.05, 3.63) is 81.3 Å². The Bertz CT molecular complexity index is 1230. The first-order chi connectivity index (χ1) is 17.0. The van der Waals surface area contributed by atoms with Crippen LogP contribution in [-0.2, 0) is 17.8 Å². The van der Waals surface area contributed by atoms with Crippen LogP contribution < -0.4 is 24.4 Å². The summed E-state index contributed by atoms with van der Waals surface area (Å²) in [6.45, 7) is 3.63. The molecule has 0 aliphatic carbocycles. The minimum atomic E-state index is -0.247. The Labute approximate surface area is 213 Å². The lowest BCUT2D eigenvalue weighted by molar-refractivity contribution is -0.120. The largest absolute Gasteiger partial charge is 0.490 e. The highest BCUT2D eigenvalue weighted by atomic mass is 35.5. The van der Waals surface area contributed by atoms with Gasteiger partial charge in [0.1, 0.15) is 19.8 Å². The van der Waals surface area contributed by atoms with Crippen molar-refractivity contribution in [2.45, 2.75) is 20.0 Å². The number of halogens is 2. The number of nitrogens with one attached hydrogen (secondary N) is 1. The van der Waals surface area contributed by atoms with Gasteiger partial charge in [-0.15, -0.1) is 0 Å². The van der Waals surface area contributed by atoms with Crippen molar-refractivity contribution >= 4 is 35.3 Å². The fraction of sp³-hybridized carbons (Fsp3) is 0.231. The van der Waals surface area contributed by atoms with Crippen LogP contribution in [0.2, 0.25) is 10.0 Å². The van der Waals surface area contributed by atoms with Crippen LogP contribution in [0.15, 0.2) is 59.7 Å². The van der Waals surface area contributed by atoms with Gasteiger partial charge in [0, 0.05) is 15.6 Å². The van der Waals surface area contributed by atoms with E-state index in [1.54, 1.807) is 36.5 Å². The van der Waals surface area contributed by atoms with E-state index in [0.717, 1.165) is 16.7 Å². The molecule has 7 nitrogen and oxygen atoms in total. The number of amides is 1. The summed E-state index contributed by atoms with van der Waals surface area (Å²) in [5.41, 5.74) is 4.90. The zero-order valence-electron chi connectivity index (χ0n) is 19.1. The van der Waals surface area contributed by atoms with Gasteiger partial charge in [0.2, 0.25) is 5.91 Å². The zero-order valence-corrected chi connectivity index (χ0v) is 20.6. The topological polar surface area (TPSA) is 78.4 Å². The minimum Gasteiger partial charge on any atom is -0.490 e. The first-order valence-electron chi connectivity index (χ1n) is 11.1. The summed E-state index contributed by atoms with van der Waals surface area (Å²) in [5.74, 6) is 2.21. The summed E-state index contributed by atoms with van der Waals surface area (Å²) in [4.78, 5) is 12.3. The van der Waals surface area contributed by atoms with Gasteiger partial charge in [0.05, 0.1) is 19.2 Å². The van der Waals surface area contributed by atoms with Gasteiger partial charge >= 0.3 is 0 Å². The predicted molar refractivity (Wildman–Crippen MR) is 135 cm³/mol. The Morgan fingerprint density at radius 1 is 1.00 bits per heavy atom. The Kier molecular flexibility index (Phi) is 8.34. The molecule has 0 saturated carbocycles. The van der Waals surface area contributed by atoms with Crippen molar-refractivity contribution in [1.29, 1.82) is 0 Å². The minimum absolute atomic E-state index is 0.165. The van der Waals surface area contributed by atoms with Crippen molar-refractivity contribution in [2.75, 3.05) is 19.8 Å². The first-order valence-corrected chi connectivity index (χ1v) is 11.8. The van der Waals surface area contributed by atoms with Gasteiger partial charge in [-0.05, 0) is 60.5 Å². The van der Waals surface area contributed by atoms with Crippen molar-refractivity contribution < 1.29 is 23.7 Å². The van der Waals surface area contributed by atoms with E-state index in [2.05, 4.69) is 10.5 Å². The van der Waals surface area contributed by atoms with Crippen molar-refractivity contribution in [1.82, 2.24) is 5.43 Å². The lowest BCUT2D eigenvalue weighted by Crippen LogP contribution is -2.20. The second-order valence-electron chi connectivity index (χ2n) is 7.61. The van der Waals surface area contributed by atoms with Crippen molar-refractivity contribution in [3.63, 3.8) is 0 Å². The monoisotopic (exact) mass is 514 g/mol. The van der Waals surface area contributed by atoms with Crippen LogP contribution in [0.25, 0.3) is 0 Å². The molecular weight excluding hydrogens is 491 g/mol. The van der Waals surface area contributed by atoms with Gasteiger partial charge in [0.15, 0.2) is 23.0 Å².